The molecule has 138 valence electrons. The Bertz CT molecular complexity index is 480. The molecule has 2 rings (SSSR count). The van der Waals surface area contributed by atoms with E-state index in [1.807, 2.05) is 18.2 Å². The number of carbonyl (C=O) groups is 1. The Hall–Kier alpha value is -0.850. The normalized spacial score (nSPS) is 18.7. The first-order valence-corrected chi connectivity index (χ1v) is 7.91. The van der Waals surface area contributed by atoms with Crippen LogP contribution >= 0.6 is 24.8 Å². The van der Waals surface area contributed by atoms with Gasteiger partial charge in [0.15, 0.2) is 0 Å². The predicted octanol–water partition coefficient (Wildman–Crippen LogP) is 2.06. The predicted molar refractivity (Wildman–Crippen MR) is 102 cm³/mol. The minimum atomic E-state index is -0.379. The maximum Gasteiger partial charge on any atom is 0.250 e. The molecule has 1 aliphatic heterocycles. The molecule has 1 saturated heterocycles. The number of hydrogen-bond donors (Lipinski definition) is 3. The zero-order valence-corrected chi connectivity index (χ0v) is 16.1. The second kappa shape index (κ2) is 10.9. The van der Waals surface area contributed by atoms with Crippen LogP contribution in [0.4, 0.5) is 0 Å². The molecule has 3 N–H and O–H groups in total. The molecule has 0 bridgehead atoms. The maximum atomic E-state index is 12.1. The van der Waals surface area contributed by atoms with E-state index in [0.717, 1.165) is 6.54 Å². The third kappa shape index (κ3) is 7.36. The number of benzene rings is 1. The highest BCUT2D eigenvalue weighted by Crippen LogP contribution is 2.15. The highest BCUT2D eigenvalue weighted by atomic mass is 35.5. The van der Waals surface area contributed by atoms with Crippen LogP contribution in [0.2, 0.25) is 0 Å². The quantitative estimate of drug-likeness (QED) is 0.709. The Morgan fingerprint density at radius 1 is 1.33 bits per heavy atom. The number of rotatable bonds is 6. The molecule has 1 aliphatic rings. The molecule has 2 unspecified atom stereocenters. The van der Waals surface area contributed by atoms with E-state index < -0.39 is 0 Å². The molecule has 0 aliphatic carbocycles. The van der Waals surface area contributed by atoms with Gasteiger partial charge in [-0.25, -0.2) is 0 Å². The highest BCUT2D eigenvalue weighted by molar-refractivity contribution is 5.85. The molecule has 1 heterocycles. The molecule has 1 fully saturated rings. The van der Waals surface area contributed by atoms with E-state index in [0.29, 0.717) is 19.7 Å². The molecule has 1 amide bonds. The van der Waals surface area contributed by atoms with Crippen LogP contribution in [0, 0.1) is 0 Å². The SMILES string of the molecule is CC(NC(C)(C)CNC(=O)C1CNCCO1)c1ccccc1.Cl.Cl. The summed E-state index contributed by atoms with van der Waals surface area (Å²) >= 11 is 0. The van der Waals surface area contributed by atoms with Crippen molar-refractivity contribution in [3.8, 4) is 0 Å². The second-order valence-electron chi connectivity index (χ2n) is 6.44. The molecule has 1 aromatic rings. The fourth-order valence-corrected chi connectivity index (χ4v) is 2.62. The van der Waals surface area contributed by atoms with Crippen LogP contribution in [0.15, 0.2) is 30.3 Å². The summed E-state index contributed by atoms with van der Waals surface area (Å²) in [5.74, 6) is -0.0468. The van der Waals surface area contributed by atoms with Crippen LogP contribution in [-0.2, 0) is 9.53 Å². The molecule has 0 radical (unpaired) electrons. The molecular formula is C17H29Cl2N3O2. The number of morpholine rings is 1. The summed E-state index contributed by atoms with van der Waals surface area (Å²) in [4.78, 5) is 12.1. The van der Waals surface area contributed by atoms with Crippen molar-refractivity contribution in [2.45, 2.75) is 38.5 Å². The Morgan fingerprint density at radius 2 is 2.00 bits per heavy atom. The van der Waals surface area contributed by atoms with Crippen molar-refractivity contribution in [3.05, 3.63) is 35.9 Å². The van der Waals surface area contributed by atoms with E-state index in [1.54, 1.807) is 0 Å². The van der Waals surface area contributed by atoms with Crippen LogP contribution in [0.25, 0.3) is 0 Å². The maximum absolute atomic E-state index is 12.1. The molecule has 5 nitrogen and oxygen atoms in total. The zero-order valence-electron chi connectivity index (χ0n) is 14.5. The lowest BCUT2D eigenvalue weighted by Gasteiger charge is -2.32. The smallest absolute Gasteiger partial charge is 0.250 e. The standard InChI is InChI=1S/C17H27N3O2.2ClH/c1-13(14-7-5-4-6-8-14)20-17(2,3)12-19-16(21)15-11-18-9-10-22-15;;/h4-8,13,15,18,20H,9-12H2,1-3H3,(H,19,21);2*1H. The molecule has 0 spiro atoms. The average Bonchev–Trinajstić information content (AvgIpc) is 2.54. The first-order chi connectivity index (χ1) is 10.5. The van der Waals surface area contributed by atoms with Gasteiger partial charge in [0, 0.05) is 31.2 Å². The molecule has 7 heteroatoms. The molecule has 1 aromatic carbocycles. The van der Waals surface area contributed by atoms with Gasteiger partial charge in [0.25, 0.3) is 5.91 Å². The summed E-state index contributed by atoms with van der Waals surface area (Å²) in [5, 5.41) is 9.71. The first kappa shape index (κ1) is 23.1. The summed E-state index contributed by atoms with van der Waals surface area (Å²) in [6.07, 6.45) is -0.379. The van der Waals surface area contributed by atoms with E-state index in [9.17, 15) is 4.79 Å². The summed E-state index contributed by atoms with van der Waals surface area (Å²) in [6.45, 7) is 8.85. The summed E-state index contributed by atoms with van der Waals surface area (Å²) in [7, 11) is 0. The number of ether oxygens (including phenoxy) is 1. The number of halogens is 2. The molecule has 2 atom stereocenters. The molecule has 0 aromatic heterocycles. The Morgan fingerprint density at radius 3 is 2.58 bits per heavy atom. The monoisotopic (exact) mass is 377 g/mol. The third-order valence-electron chi connectivity index (χ3n) is 3.83. The lowest BCUT2D eigenvalue weighted by Crippen LogP contribution is -2.54. The van der Waals surface area contributed by atoms with E-state index >= 15 is 0 Å². The summed E-state index contributed by atoms with van der Waals surface area (Å²) in [6, 6.07) is 10.5. The van der Waals surface area contributed by atoms with Gasteiger partial charge >= 0.3 is 0 Å². The Balaban J connectivity index is 0.00000264. The van der Waals surface area contributed by atoms with Crippen molar-refractivity contribution in [3.63, 3.8) is 0 Å². The minimum absolute atomic E-state index is 0. The Kier molecular flexibility index (Phi) is 10.5. The van der Waals surface area contributed by atoms with E-state index in [2.05, 4.69) is 48.9 Å². The van der Waals surface area contributed by atoms with Gasteiger partial charge in [-0.3, -0.25) is 4.79 Å². The van der Waals surface area contributed by atoms with Crippen LogP contribution in [-0.4, -0.2) is 43.8 Å². The van der Waals surface area contributed by atoms with E-state index in [4.69, 9.17) is 4.74 Å². The van der Waals surface area contributed by atoms with Gasteiger partial charge in [-0.15, -0.1) is 24.8 Å². The van der Waals surface area contributed by atoms with Crippen LogP contribution in [0.3, 0.4) is 0 Å². The molecular weight excluding hydrogens is 349 g/mol. The zero-order chi connectivity index (χ0) is 16.0. The topological polar surface area (TPSA) is 62.4 Å². The van der Waals surface area contributed by atoms with E-state index in [1.165, 1.54) is 5.56 Å². The van der Waals surface area contributed by atoms with Crippen LogP contribution in [0.5, 0.6) is 0 Å². The van der Waals surface area contributed by atoms with Crippen LogP contribution < -0.4 is 16.0 Å². The molecule has 24 heavy (non-hydrogen) atoms. The first-order valence-electron chi connectivity index (χ1n) is 7.91. The van der Waals surface area contributed by atoms with Gasteiger partial charge in [-0.05, 0) is 26.3 Å². The number of carbonyl (C=O) groups excluding carboxylic acids is 1. The van der Waals surface area contributed by atoms with Crippen molar-refractivity contribution in [1.82, 2.24) is 16.0 Å². The second-order valence-corrected chi connectivity index (χ2v) is 6.44. The van der Waals surface area contributed by atoms with Gasteiger partial charge in [0.1, 0.15) is 6.10 Å². The fraction of sp³-hybridized carbons (Fsp3) is 0.588. The summed E-state index contributed by atoms with van der Waals surface area (Å²) < 4.78 is 5.46. The number of nitrogens with one attached hydrogen (secondary N) is 3. The largest absolute Gasteiger partial charge is 0.366 e. The lowest BCUT2D eigenvalue weighted by atomic mass is 10.0. The highest BCUT2D eigenvalue weighted by Gasteiger charge is 2.25. The Labute approximate surface area is 157 Å². The molecule has 0 saturated carbocycles. The number of amides is 1. The van der Waals surface area contributed by atoms with Gasteiger partial charge < -0.3 is 20.7 Å². The van der Waals surface area contributed by atoms with Crippen molar-refractivity contribution in [2.75, 3.05) is 26.2 Å². The van der Waals surface area contributed by atoms with Crippen molar-refractivity contribution in [1.29, 1.82) is 0 Å². The van der Waals surface area contributed by atoms with Gasteiger partial charge in [-0.1, -0.05) is 30.3 Å². The van der Waals surface area contributed by atoms with Crippen molar-refractivity contribution >= 4 is 30.7 Å². The fourth-order valence-electron chi connectivity index (χ4n) is 2.62. The lowest BCUT2D eigenvalue weighted by molar-refractivity contribution is -0.134. The average molecular weight is 378 g/mol. The van der Waals surface area contributed by atoms with Crippen molar-refractivity contribution in [2.24, 2.45) is 0 Å². The van der Waals surface area contributed by atoms with Crippen molar-refractivity contribution < 1.29 is 9.53 Å². The van der Waals surface area contributed by atoms with Crippen LogP contribution in [0.1, 0.15) is 32.4 Å². The van der Waals surface area contributed by atoms with Gasteiger partial charge in [0.2, 0.25) is 0 Å². The van der Waals surface area contributed by atoms with Gasteiger partial charge in [0.05, 0.1) is 6.61 Å². The third-order valence-corrected chi connectivity index (χ3v) is 3.83. The number of hydrogen-bond acceptors (Lipinski definition) is 4. The van der Waals surface area contributed by atoms with Gasteiger partial charge in [-0.2, -0.15) is 0 Å². The summed E-state index contributed by atoms with van der Waals surface area (Å²) in [5.41, 5.74) is 1.04. The van der Waals surface area contributed by atoms with E-state index in [-0.39, 0.29) is 48.4 Å². The minimum Gasteiger partial charge on any atom is -0.366 e.